The van der Waals surface area contributed by atoms with Crippen molar-refractivity contribution in [2.45, 2.75) is 0 Å². The third-order valence-corrected chi connectivity index (χ3v) is 3.40. The monoisotopic (exact) mass is 243 g/mol. The molecule has 0 saturated carbocycles. The van der Waals surface area contributed by atoms with Gasteiger partial charge >= 0.3 is 0 Å². The molecule has 2 rings (SSSR count). The summed E-state index contributed by atoms with van der Waals surface area (Å²) < 4.78 is 21.8. The zero-order chi connectivity index (χ0) is 10.8. The van der Waals surface area contributed by atoms with Crippen molar-refractivity contribution in [3.8, 4) is 5.88 Å². The van der Waals surface area contributed by atoms with Crippen LogP contribution in [0.25, 0.3) is 0 Å². The summed E-state index contributed by atoms with van der Waals surface area (Å²) in [7, 11) is 1.47. The van der Waals surface area contributed by atoms with E-state index in [1.54, 1.807) is 5.38 Å². The highest BCUT2D eigenvalue weighted by molar-refractivity contribution is 7.14. The van der Waals surface area contributed by atoms with Gasteiger partial charge in [-0.05, 0) is 23.0 Å². The second kappa shape index (κ2) is 4.08. The number of aromatic nitrogens is 1. The molecule has 2 aromatic rings. The van der Waals surface area contributed by atoms with E-state index in [1.165, 1.54) is 19.2 Å². The molecule has 0 spiro atoms. The van der Waals surface area contributed by atoms with E-state index < -0.39 is 5.82 Å². The van der Waals surface area contributed by atoms with Crippen LogP contribution in [0.3, 0.4) is 0 Å². The number of thiophene rings is 1. The second-order valence-electron chi connectivity index (χ2n) is 2.66. The van der Waals surface area contributed by atoms with E-state index in [4.69, 9.17) is 4.74 Å². The largest absolute Gasteiger partial charge is 0.480 e. The maximum Gasteiger partial charge on any atom is 0.225 e. The Labute approximate surface area is 93.3 Å². The van der Waals surface area contributed by atoms with Gasteiger partial charge in [-0.25, -0.2) is 4.39 Å². The summed E-state index contributed by atoms with van der Waals surface area (Å²) in [4.78, 5) is 12.2. The summed E-state index contributed by atoms with van der Waals surface area (Å²) in [6.07, 6.45) is 0. The van der Waals surface area contributed by atoms with Gasteiger partial charge in [0.15, 0.2) is 0 Å². The van der Waals surface area contributed by atoms with Crippen molar-refractivity contribution in [2.75, 3.05) is 7.11 Å². The zero-order valence-corrected chi connectivity index (χ0v) is 9.32. The van der Waals surface area contributed by atoms with Crippen molar-refractivity contribution in [3.63, 3.8) is 0 Å². The summed E-state index contributed by atoms with van der Waals surface area (Å²) in [5.41, 5.74) is 0. The fraction of sp³-hybridized carbons (Fsp3) is 0.111. The second-order valence-corrected chi connectivity index (χ2v) is 4.38. The quantitative estimate of drug-likeness (QED) is 0.778. The van der Waals surface area contributed by atoms with Gasteiger partial charge in [-0.1, -0.05) is 0 Å². The first-order valence-electron chi connectivity index (χ1n) is 4.00. The highest BCUT2D eigenvalue weighted by atomic mass is 32.1. The molecule has 0 saturated heterocycles. The van der Waals surface area contributed by atoms with Crippen LogP contribution in [0.15, 0.2) is 17.5 Å². The van der Waals surface area contributed by atoms with Crippen molar-refractivity contribution >= 4 is 28.7 Å². The number of nitrogens with zero attached hydrogens (tertiary/aromatic N) is 1. The van der Waals surface area contributed by atoms with Crippen LogP contribution in [-0.2, 0) is 0 Å². The van der Waals surface area contributed by atoms with E-state index in [-0.39, 0.29) is 10.7 Å². The van der Waals surface area contributed by atoms with Crippen LogP contribution < -0.4 is 4.74 Å². The zero-order valence-electron chi connectivity index (χ0n) is 7.69. The number of hydrogen-bond donors (Lipinski definition) is 0. The lowest BCUT2D eigenvalue weighted by molar-refractivity contribution is 0.104. The number of ether oxygens (including phenoxy) is 1. The molecule has 3 nitrogen and oxygen atoms in total. The number of carbonyl (C=O) groups is 1. The molecular formula is C9H6FNO2S2. The van der Waals surface area contributed by atoms with Gasteiger partial charge in [-0.15, -0.1) is 11.3 Å². The minimum Gasteiger partial charge on any atom is -0.480 e. The molecule has 0 aliphatic rings. The molecule has 78 valence electrons. The van der Waals surface area contributed by atoms with E-state index in [1.807, 2.05) is 0 Å². The van der Waals surface area contributed by atoms with Gasteiger partial charge in [0.05, 0.1) is 7.11 Å². The SMILES string of the molecule is COc1cc(C(=O)c2sccc2F)sn1. The molecule has 15 heavy (non-hydrogen) atoms. The number of methoxy groups -OCH3 is 1. The van der Waals surface area contributed by atoms with E-state index >= 15 is 0 Å². The minimum absolute atomic E-state index is 0.112. The van der Waals surface area contributed by atoms with Crippen molar-refractivity contribution in [3.05, 3.63) is 33.1 Å². The Morgan fingerprint density at radius 3 is 2.93 bits per heavy atom. The highest BCUT2D eigenvalue weighted by Gasteiger charge is 2.18. The van der Waals surface area contributed by atoms with Gasteiger partial charge in [-0.2, -0.15) is 4.37 Å². The molecule has 0 fully saturated rings. The van der Waals surface area contributed by atoms with Gasteiger partial charge in [0.2, 0.25) is 11.7 Å². The molecule has 0 aliphatic carbocycles. The minimum atomic E-state index is -0.489. The third-order valence-electron chi connectivity index (χ3n) is 1.74. The van der Waals surface area contributed by atoms with Crippen LogP contribution in [0.2, 0.25) is 0 Å². The number of carbonyl (C=O) groups excluding carboxylic acids is 1. The molecule has 0 unspecified atom stereocenters. The first kappa shape index (κ1) is 10.3. The Hall–Kier alpha value is -1.27. The third kappa shape index (κ3) is 1.91. The maximum atomic E-state index is 13.1. The van der Waals surface area contributed by atoms with Gasteiger partial charge in [0.1, 0.15) is 15.6 Å². The predicted molar refractivity (Wildman–Crippen MR) is 56.4 cm³/mol. The Bertz CT molecular complexity index is 492. The summed E-state index contributed by atoms with van der Waals surface area (Å²) in [5.74, 6) is -0.457. The van der Waals surface area contributed by atoms with Crippen LogP contribution in [-0.4, -0.2) is 17.3 Å². The molecule has 0 aliphatic heterocycles. The van der Waals surface area contributed by atoms with Crippen LogP contribution in [0.1, 0.15) is 14.5 Å². The number of rotatable bonds is 3. The van der Waals surface area contributed by atoms with E-state index in [9.17, 15) is 9.18 Å². The first-order chi connectivity index (χ1) is 7.22. The fourth-order valence-electron chi connectivity index (χ4n) is 1.03. The summed E-state index contributed by atoms with van der Waals surface area (Å²) in [6.45, 7) is 0. The van der Waals surface area contributed by atoms with Crippen molar-refractivity contribution in [2.24, 2.45) is 0 Å². The molecule has 0 aromatic carbocycles. The fourth-order valence-corrected chi connectivity index (χ4v) is 2.47. The molecule has 0 amide bonds. The topological polar surface area (TPSA) is 39.2 Å². The number of ketones is 1. The number of halogens is 1. The lowest BCUT2D eigenvalue weighted by Crippen LogP contribution is -1.97. The molecular weight excluding hydrogens is 237 g/mol. The summed E-state index contributed by atoms with van der Waals surface area (Å²) in [5, 5.41) is 1.54. The van der Waals surface area contributed by atoms with Crippen LogP contribution >= 0.6 is 22.9 Å². The van der Waals surface area contributed by atoms with Crippen molar-refractivity contribution < 1.29 is 13.9 Å². The van der Waals surface area contributed by atoms with E-state index in [2.05, 4.69) is 4.37 Å². The number of hydrogen-bond acceptors (Lipinski definition) is 5. The van der Waals surface area contributed by atoms with E-state index in [0.717, 1.165) is 22.9 Å². The van der Waals surface area contributed by atoms with Gasteiger partial charge in [0.25, 0.3) is 0 Å². The molecule has 0 radical (unpaired) electrons. The average molecular weight is 243 g/mol. The van der Waals surface area contributed by atoms with Crippen LogP contribution in [0, 0.1) is 5.82 Å². The lowest BCUT2D eigenvalue weighted by Gasteiger charge is -1.91. The van der Waals surface area contributed by atoms with Crippen molar-refractivity contribution in [1.29, 1.82) is 0 Å². The Morgan fingerprint density at radius 1 is 1.60 bits per heavy atom. The smallest absolute Gasteiger partial charge is 0.225 e. The molecule has 0 bridgehead atoms. The Balaban J connectivity index is 2.32. The summed E-state index contributed by atoms with van der Waals surface area (Å²) >= 11 is 2.09. The summed E-state index contributed by atoms with van der Waals surface area (Å²) in [6, 6.07) is 2.78. The maximum absolute atomic E-state index is 13.1. The Kier molecular flexibility index (Phi) is 2.79. The Morgan fingerprint density at radius 2 is 2.40 bits per heavy atom. The normalized spacial score (nSPS) is 10.3. The standard InChI is InChI=1S/C9H6FNO2S2/c1-13-7-4-6(15-11-7)8(12)9-5(10)2-3-14-9/h2-4H,1H3. The van der Waals surface area contributed by atoms with E-state index in [0.29, 0.717) is 10.8 Å². The predicted octanol–water partition coefficient (Wildman–Crippen LogP) is 2.58. The average Bonchev–Trinajstić information content (AvgIpc) is 2.84. The lowest BCUT2D eigenvalue weighted by atomic mass is 10.2. The molecule has 0 atom stereocenters. The van der Waals surface area contributed by atoms with Gasteiger partial charge < -0.3 is 4.74 Å². The molecule has 2 aromatic heterocycles. The molecule has 0 N–H and O–H groups in total. The highest BCUT2D eigenvalue weighted by Crippen LogP contribution is 2.24. The van der Waals surface area contributed by atoms with Crippen LogP contribution in [0.4, 0.5) is 4.39 Å². The first-order valence-corrected chi connectivity index (χ1v) is 5.66. The van der Waals surface area contributed by atoms with Gasteiger partial charge in [0, 0.05) is 6.07 Å². The van der Waals surface area contributed by atoms with Crippen LogP contribution in [0.5, 0.6) is 5.88 Å². The van der Waals surface area contributed by atoms with Gasteiger partial charge in [-0.3, -0.25) is 4.79 Å². The molecule has 2 heterocycles. The van der Waals surface area contributed by atoms with Crippen molar-refractivity contribution in [1.82, 2.24) is 4.37 Å². The molecule has 6 heteroatoms.